The smallest absolute Gasteiger partial charge is 0.129 e. The molecule has 2 heterocycles. The fourth-order valence-corrected chi connectivity index (χ4v) is 1.38. The molecule has 0 spiro atoms. The quantitative estimate of drug-likeness (QED) is 0.678. The molecule has 2 rings (SSSR count). The molecule has 0 saturated carbocycles. The first-order chi connectivity index (χ1) is 5.84. The van der Waals surface area contributed by atoms with Gasteiger partial charge in [0.15, 0.2) is 0 Å². The highest BCUT2D eigenvalue weighted by Gasteiger charge is 2.22. The normalized spacial score (nSPS) is 18.8. The lowest BCUT2D eigenvalue weighted by Crippen LogP contribution is -2.52. The third kappa shape index (κ3) is 1.53. The fraction of sp³-hybridized carbons (Fsp3) is 0.500. The van der Waals surface area contributed by atoms with Crippen molar-refractivity contribution in [1.29, 1.82) is 0 Å². The van der Waals surface area contributed by atoms with Crippen LogP contribution in [0.15, 0.2) is 18.6 Å². The van der Waals surface area contributed by atoms with Gasteiger partial charge >= 0.3 is 0 Å². The van der Waals surface area contributed by atoms with E-state index in [0.717, 1.165) is 18.9 Å². The van der Waals surface area contributed by atoms with E-state index in [1.165, 1.54) is 0 Å². The van der Waals surface area contributed by atoms with Gasteiger partial charge in [-0.1, -0.05) is 0 Å². The van der Waals surface area contributed by atoms with Gasteiger partial charge in [0.05, 0.1) is 6.04 Å². The van der Waals surface area contributed by atoms with Gasteiger partial charge in [-0.15, -0.1) is 0 Å². The number of rotatable bonds is 2. The van der Waals surface area contributed by atoms with E-state index in [1.54, 1.807) is 12.5 Å². The monoisotopic (exact) mass is 164 g/mol. The number of likely N-dealkylation sites (N-methyl/N-ethyl adjacent to an activating group) is 1. The van der Waals surface area contributed by atoms with Gasteiger partial charge in [0, 0.05) is 19.3 Å². The average molecular weight is 164 g/mol. The van der Waals surface area contributed by atoms with Crippen LogP contribution in [0.4, 0.5) is 5.82 Å². The molecule has 1 aromatic heterocycles. The fourth-order valence-electron chi connectivity index (χ4n) is 1.38. The second-order valence-electron chi connectivity index (χ2n) is 3.16. The van der Waals surface area contributed by atoms with E-state index in [2.05, 4.69) is 27.2 Å². The van der Waals surface area contributed by atoms with E-state index in [-0.39, 0.29) is 0 Å². The third-order valence-corrected chi connectivity index (χ3v) is 2.00. The number of aromatic nitrogens is 2. The lowest BCUT2D eigenvalue weighted by molar-refractivity contribution is 0.205. The summed E-state index contributed by atoms with van der Waals surface area (Å²) in [5.41, 5.74) is 0. The van der Waals surface area contributed by atoms with Crippen LogP contribution in [0.3, 0.4) is 0 Å². The van der Waals surface area contributed by atoms with Crippen molar-refractivity contribution in [3.63, 3.8) is 0 Å². The molecule has 4 heteroatoms. The topological polar surface area (TPSA) is 41.0 Å². The van der Waals surface area contributed by atoms with Crippen LogP contribution in [0.25, 0.3) is 0 Å². The minimum atomic E-state index is 0.560. The molecule has 0 bridgehead atoms. The Balaban J connectivity index is 1.88. The number of anilines is 1. The predicted molar refractivity (Wildman–Crippen MR) is 46.9 cm³/mol. The molecule has 0 unspecified atom stereocenters. The molecule has 1 aliphatic heterocycles. The van der Waals surface area contributed by atoms with Gasteiger partial charge < -0.3 is 10.2 Å². The lowest BCUT2D eigenvalue weighted by atomic mass is 10.1. The summed E-state index contributed by atoms with van der Waals surface area (Å²) < 4.78 is 0. The van der Waals surface area contributed by atoms with E-state index in [9.17, 15) is 0 Å². The Morgan fingerprint density at radius 2 is 2.42 bits per heavy atom. The van der Waals surface area contributed by atoms with Crippen molar-refractivity contribution in [3.05, 3.63) is 18.6 Å². The van der Waals surface area contributed by atoms with Crippen LogP contribution in [0.1, 0.15) is 0 Å². The maximum atomic E-state index is 4.08. The SMILES string of the molecule is CN1CC(Nc2ccncn2)C1. The molecule has 12 heavy (non-hydrogen) atoms. The van der Waals surface area contributed by atoms with E-state index in [4.69, 9.17) is 0 Å². The zero-order chi connectivity index (χ0) is 8.39. The molecule has 0 aliphatic carbocycles. The zero-order valence-corrected chi connectivity index (χ0v) is 7.07. The van der Waals surface area contributed by atoms with Crippen molar-refractivity contribution in [2.45, 2.75) is 6.04 Å². The molecular formula is C8H12N4. The Bertz CT molecular complexity index is 242. The highest BCUT2D eigenvalue weighted by atomic mass is 15.2. The van der Waals surface area contributed by atoms with Crippen LogP contribution in [0.2, 0.25) is 0 Å². The van der Waals surface area contributed by atoms with Gasteiger partial charge in [0.25, 0.3) is 0 Å². The first-order valence-electron chi connectivity index (χ1n) is 4.06. The summed E-state index contributed by atoms with van der Waals surface area (Å²) in [4.78, 5) is 10.2. The van der Waals surface area contributed by atoms with E-state index in [0.29, 0.717) is 6.04 Å². The van der Waals surface area contributed by atoms with Crippen molar-refractivity contribution >= 4 is 5.82 Å². The standard InChI is InChI=1S/C8H12N4/c1-12-4-7(5-12)11-8-2-3-9-6-10-8/h2-3,6-7H,4-5H2,1H3,(H,9,10,11). The largest absolute Gasteiger partial charge is 0.365 e. The van der Waals surface area contributed by atoms with Crippen LogP contribution in [0, 0.1) is 0 Å². The molecule has 0 radical (unpaired) electrons. The molecule has 64 valence electrons. The average Bonchev–Trinajstić information content (AvgIpc) is 2.04. The summed E-state index contributed by atoms with van der Waals surface area (Å²) in [6.45, 7) is 2.20. The van der Waals surface area contributed by atoms with Gasteiger partial charge in [-0.3, -0.25) is 0 Å². The minimum Gasteiger partial charge on any atom is -0.365 e. The van der Waals surface area contributed by atoms with Crippen LogP contribution in [-0.4, -0.2) is 41.0 Å². The van der Waals surface area contributed by atoms with Crippen molar-refractivity contribution in [3.8, 4) is 0 Å². The first kappa shape index (κ1) is 7.49. The lowest BCUT2D eigenvalue weighted by Gasteiger charge is -2.36. The van der Waals surface area contributed by atoms with Crippen molar-refractivity contribution in [2.75, 3.05) is 25.5 Å². The molecule has 1 aromatic rings. The molecule has 0 amide bonds. The van der Waals surface area contributed by atoms with Crippen LogP contribution in [0.5, 0.6) is 0 Å². The number of nitrogens with zero attached hydrogens (tertiary/aromatic N) is 3. The number of hydrogen-bond acceptors (Lipinski definition) is 4. The van der Waals surface area contributed by atoms with Gasteiger partial charge in [-0.2, -0.15) is 0 Å². The third-order valence-electron chi connectivity index (χ3n) is 2.00. The molecule has 1 saturated heterocycles. The van der Waals surface area contributed by atoms with Crippen molar-refractivity contribution < 1.29 is 0 Å². The second-order valence-corrected chi connectivity index (χ2v) is 3.16. The summed E-state index contributed by atoms with van der Waals surface area (Å²) in [5.74, 6) is 0.920. The van der Waals surface area contributed by atoms with Gasteiger partial charge in [0.2, 0.25) is 0 Å². The Kier molecular flexibility index (Phi) is 1.91. The zero-order valence-electron chi connectivity index (χ0n) is 7.07. The van der Waals surface area contributed by atoms with E-state index < -0.39 is 0 Å². The van der Waals surface area contributed by atoms with E-state index >= 15 is 0 Å². The predicted octanol–water partition coefficient (Wildman–Crippen LogP) is 0.202. The summed E-state index contributed by atoms with van der Waals surface area (Å²) in [6, 6.07) is 2.45. The number of nitrogens with one attached hydrogen (secondary N) is 1. The summed E-state index contributed by atoms with van der Waals surface area (Å²) >= 11 is 0. The minimum absolute atomic E-state index is 0.560. The van der Waals surface area contributed by atoms with Crippen molar-refractivity contribution in [2.24, 2.45) is 0 Å². The number of likely N-dealkylation sites (tertiary alicyclic amines) is 1. The Morgan fingerprint density at radius 3 is 3.00 bits per heavy atom. The molecule has 1 N–H and O–H groups in total. The van der Waals surface area contributed by atoms with Crippen LogP contribution in [-0.2, 0) is 0 Å². The van der Waals surface area contributed by atoms with Crippen molar-refractivity contribution in [1.82, 2.24) is 14.9 Å². The molecular weight excluding hydrogens is 152 g/mol. The van der Waals surface area contributed by atoms with Gasteiger partial charge in [0.1, 0.15) is 12.1 Å². The van der Waals surface area contributed by atoms with Crippen LogP contribution < -0.4 is 5.32 Å². The molecule has 0 aromatic carbocycles. The van der Waals surface area contributed by atoms with E-state index in [1.807, 2.05) is 6.07 Å². The first-order valence-corrected chi connectivity index (χ1v) is 4.06. The molecule has 1 fully saturated rings. The summed E-state index contributed by atoms with van der Waals surface area (Å²) in [5, 5.41) is 3.32. The molecule has 4 nitrogen and oxygen atoms in total. The van der Waals surface area contributed by atoms with Gasteiger partial charge in [-0.25, -0.2) is 9.97 Å². The summed E-state index contributed by atoms with van der Waals surface area (Å²) in [7, 11) is 2.11. The highest BCUT2D eigenvalue weighted by molar-refractivity contribution is 5.34. The molecule has 0 atom stereocenters. The summed E-state index contributed by atoms with van der Waals surface area (Å²) in [6.07, 6.45) is 3.31. The number of hydrogen-bond donors (Lipinski definition) is 1. The maximum Gasteiger partial charge on any atom is 0.129 e. The second kappa shape index (κ2) is 3.06. The highest BCUT2D eigenvalue weighted by Crippen LogP contribution is 2.09. The maximum absolute atomic E-state index is 4.08. The van der Waals surface area contributed by atoms with Crippen LogP contribution >= 0.6 is 0 Å². The Morgan fingerprint density at radius 1 is 1.58 bits per heavy atom. The Hall–Kier alpha value is -1.16. The Labute approximate surface area is 71.6 Å². The molecule has 1 aliphatic rings. The van der Waals surface area contributed by atoms with Gasteiger partial charge in [-0.05, 0) is 13.1 Å².